The number of hydrogen-bond donors (Lipinski definition) is 2. The van der Waals surface area contributed by atoms with E-state index in [4.69, 9.17) is 20.3 Å². The van der Waals surface area contributed by atoms with Crippen LogP contribution >= 0.6 is 0 Å². The van der Waals surface area contributed by atoms with Crippen LogP contribution in [-0.4, -0.2) is 41.6 Å². The molecule has 158 valence electrons. The van der Waals surface area contributed by atoms with E-state index >= 15 is 0 Å². The number of fused-ring (bicyclic) bond motifs is 2. The highest BCUT2D eigenvalue weighted by Crippen LogP contribution is 2.40. The summed E-state index contributed by atoms with van der Waals surface area (Å²) in [4.78, 5) is 19.1. The van der Waals surface area contributed by atoms with E-state index in [1.54, 1.807) is 4.68 Å². The molecule has 3 N–H and O–H groups in total. The van der Waals surface area contributed by atoms with Crippen LogP contribution in [0.1, 0.15) is 18.5 Å². The monoisotopic (exact) mass is 418 g/mol. The zero-order valence-electron chi connectivity index (χ0n) is 17.4. The molecule has 3 heterocycles. The van der Waals surface area contributed by atoms with Crippen molar-refractivity contribution in [3.63, 3.8) is 0 Å². The highest BCUT2D eigenvalue weighted by atomic mass is 16.7. The van der Waals surface area contributed by atoms with Gasteiger partial charge in [0.05, 0.1) is 5.57 Å². The number of ether oxygens (including phenoxy) is 2. The van der Waals surface area contributed by atoms with Gasteiger partial charge in [0.1, 0.15) is 6.04 Å². The number of nitrogens with one attached hydrogen (secondary N) is 1. The predicted molar refractivity (Wildman–Crippen MR) is 116 cm³/mol. The molecule has 1 atom stereocenters. The smallest absolute Gasteiger partial charge is 0.248 e. The lowest BCUT2D eigenvalue weighted by Gasteiger charge is -2.27. The number of benzene rings is 2. The van der Waals surface area contributed by atoms with Gasteiger partial charge in [0.25, 0.3) is 0 Å². The summed E-state index contributed by atoms with van der Waals surface area (Å²) in [6.45, 7) is 1.98. The topological polar surface area (TPSA) is 108 Å². The number of hydrogen-bond acceptors (Lipinski definition) is 7. The van der Waals surface area contributed by atoms with Gasteiger partial charge in [0.15, 0.2) is 17.3 Å². The standard InChI is InChI=1S/C22H22N6O3/c1-12-18(20(23)29)19(14-6-9-16-17(10-14)31-11-30-16)28-22(24-12)25-21(26-28)13-4-7-15(8-5-13)27(2)3/h4-10,19H,11H2,1-3H3,(H2,23,29)(H,24,25,26). The summed E-state index contributed by atoms with van der Waals surface area (Å²) in [6, 6.07) is 13.0. The average Bonchev–Trinajstić information content (AvgIpc) is 3.38. The van der Waals surface area contributed by atoms with Crippen LogP contribution in [0.15, 0.2) is 53.7 Å². The third-order valence-corrected chi connectivity index (χ3v) is 5.47. The van der Waals surface area contributed by atoms with Crippen LogP contribution < -0.4 is 25.4 Å². The van der Waals surface area contributed by atoms with Crippen LogP contribution in [0, 0.1) is 0 Å². The lowest BCUT2D eigenvalue weighted by molar-refractivity contribution is -0.115. The molecular weight excluding hydrogens is 396 g/mol. The number of aromatic nitrogens is 3. The van der Waals surface area contributed by atoms with Crippen LogP contribution in [0.25, 0.3) is 11.4 Å². The first-order chi connectivity index (χ1) is 14.9. The minimum atomic E-state index is -0.537. The molecule has 1 unspecified atom stereocenters. The number of primary amides is 1. The van der Waals surface area contributed by atoms with E-state index in [-0.39, 0.29) is 6.79 Å². The lowest BCUT2D eigenvalue weighted by Crippen LogP contribution is -2.31. The summed E-state index contributed by atoms with van der Waals surface area (Å²) in [5, 5.41) is 7.90. The average molecular weight is 418 g/mol. The van der Waals surface area contributed by atoms with Gasteiger partial charge in [-0.1, -0.05) is 6.07 Å². The van der Waals surface area contributed by atoms with Gasteiger partial charge in [0.2, 0.25) is 18.6 Å². The number of rotatable bonds is 4. The Labute approximate surface area is 179 Å². The van der Waals surface area contributed by atoms with Crippen LogP contribution in [0.3, 0.4) is 0 Å². The van der Waals surface area contributed by atoms with Gasteiger partial charge in [-0.2, -0.15) is 4.98 Å². The molecule has 2 aromatic carbocycles. The second kappa shape index (κ2) is 7.05. The number of nitrogens with zero attached hydrogens (tertiary/aromatic N) is 4. The molecule has 0 radical (unpaired) electrons. The molecular formula is C22H22N6O3. The highest BCUT2D eigenvalue weighted by molar-refractivity contribution is 5.95. The summed E-state index contributed by atoms with van der Waals surface area (Å²) in [5.41, 5.74) is 9.58. The zero-order chi connectivity index (χ0) is 21.7. The van der Waals surface area contributed by atoms with Crippen molar-refractivity contribution in [2.45, 2.75) is 13.0 Å². The van der Waals surface area contributed by atoms with E-state index in [9.17, 15) is 4.79 Å². The molecule has 0 fully saturated rings. The van der Waals surface area contributed by atoms with E-state index in [0.717, 1.165) is 16.8 Å². The Bertz CT molecular complexity index is 1210. The molecule has 1 amide bonds. The molecule has 0 saturated heterocycles. The van der Waals surface area contributed by atoms with Crippen molar-refractivity contribution in [2.75, 3.05) is 31.1 Å². The molecule has 3 aromatic rings. The Morgan fingerprint density at radius 3 is 2.61 bits per heavy atom. The van der Waals surface area contributed by atoms with Crippen molar-refractivity contribution in [1.29, 1.82) is 0 Å². The summed E-state index contributed by atoms with van der Waals surface area (Å²) in [7, 11) is 3.98. The van der Waals surface area contributed by atoms with Crippen molar-refractivity contribution in [1.82, 2.24) is 14.8 Å². The lowest BCUT2D eigenvalue weighted by atomic mass is 9.95. The molecule has 0 spiro atoms. The van der Waals surface area contributed by atoms with Gasteiger partial charge >= 0.3 is 0 Å². The van der Waals surface area contributed by atoms with Crippen LogP contribution in [0.4, 0.5) is 11.6 Å². The quantitative estimate of drug-likeness (QED) is 0.670. The van der Waals surface area contributed by atoms with Gasteiger partial charge < -0.3 is 25.4 Å². The first-order valence-corrected chi connectivity index (χ1v) is 9.84. The normalized spacial score (nSPS) is 16.7. The second-order valence-corrected chi connectivity index (χ2v) is 7.69. The van der Waals surface area contributed by atoms with Gasteiger partial charge in [-0.05, 0) is 48.9 Å². The van der Waals surface area contributed by atoms with Crippen molar-refractivity contribution in [3.8, 4) is 22.9 Å². The Hall–Kier alpha value is -4.01. The molecule has 2 aliphatic heterocycles. The SMILES string of the molecule is CC1=C(C(N)=O)C(c2ccc3c(c2)OCO3)n2nc(-c3ccc(N(C)C)cc3)nc2N1. The summed E-state index contributed by atoms with van der Waals surface area (Å²) in [6.07, 6.45) is 0. The molecule has 1 aromatic heterocycles. The second-order valence-electron chi connectivity index (χ2n) is 7.69. The minimum absolute atomic E-state index is 0.171. The first kappa shape index (κ1) is 19.0. The number of nitrogens with two attached hydrogens (primary N) is 1. The van der Waals surface area contributed by atoms with Gasteiger partial charge in [-0.25, -0.2) is 4.68 Å². The van der Waals surface area contributed by atoms with Crippen LogP contribution in [0.5, 0.6) is 11.5 Å². The molecule has 0 aliphatic carbocycles. The van der Waals surface area contributed by atoms with Crippen molar-refractivity contribution < 1.29 is 14.3 Å². The molecule has 0 bridgehead atoms. The number of carbonyl (C=O) groups excluding carboxylic acids is 1. The van der Waals surface area contributed by atoms with Gasteiger partial charge in [-0.3, -0.25) is 4.79 Å². The Balaban J connectivity index is 1.61. The van der Waals surface area contributed by atoms with Crippen molar-refractivity contribution in [2.24, 2.45) is 5.73 Å². The van der Waals surface area contributed by atoms with Gasteiger partial charge in [-0.15, -0.1) is 5.10 Å². The van der Waals surface area contributed by atoms with E-state index in [1.807, 2.05) is 68.4 Å². The zero-order valence-corrected chi connectivity index (χ0v) is 17.4. The van der Waals surface area contributed by atoms with Crippen molar-refractivity contribution in [3.05, 3.63) is 59.3 Å². The summed E-state index contributed by atoms with van der Waals surface area (Å²) >= 11 is 0. The molecule has 2 aliphatic rings. The predicted octanol–water partition coefficient (Wildman–Crippen LogP) is 2.51. The van der Waals surface area contributed by atoms with Crippen LogP contribution in [0.2, 0.25) is 0 Å². The molecule has 31 heavy (non-hydrogen) atoms. The molecule has 9 heteroatoms. The van der Waals surface area contributed by atoms with E-state index < -0.39 is 11.9 Å². The fourth-order valence-electron chi connectivity index (χ4n) is 3.89. The largest absolute Gasteiger partial charge is 0.454 e. The van der Waals surface area contributed by atoms with Crippen molar-refractivity contribution >= 4 is 17.5 Å². The molecule has 5 rings (SSSR count). The maximum absolute atomic E-state index is 12.4. The maximum Gasteiger partial charge on any atom is 0.248 e. The number of carbonyl (C=O) groups is 1. The number of anilines is 2. The number of allylic oxidation sites excluding steroid dienone is 1. The Kier molecular flexibility index (Phi) is 4.32. The fourth-order valence-corrected chi connectivity index (χ4v) is 3.89. The summed E-state index contributed by atoms with van der Waals surface area (Å²) < 4.78 is 12.6. The van der Waals surface area contributed by atoms with E-state index in [0.29, 0.717) is 34.5 Å². The highest BCUT2D eigenvalue weighted by Gasteiger charge is 2.34. The third-order valence-electron chi connectivity index (χ3n) is 5.47. The van der Waals surface area contributed by atoms with E-state index in [2.05, 4.69) is 10.3 Å². The Morgan fingerprint density at radius 2 is 1.90 bits per heavy atom. The number of amides is 1. The summed E-state index contributed by atoms with van der Waals surface area (Å²) in [5.74, 6) is 1.86. The maximum atomic E-state index is 12.4. The molecule has 9 nitrogen and oxygen atoms in total. The Morgan fingerprint density at radius 1 is 1.16 bits per heavy atom. The molecule has 0 saturated carbocycles. The fraction of sp³-hybridized carbons (Fsp3) is 0.227. The van der Waals surface area contributed by atoms with Crippen LogP contribution in [-0.2, 0) is 4.79 Å². The minimum Gasteiger partial charge on any atom is -0.454 e. The first-order valence-electron chi connectivity index (χ1n) is 9.84. The van der Waals surface area contributed by atoms with Gasteiger partial charge in [0, 0.05) is 31.0 Å². The third kappa shape index (κ3) is 3.14. The van der Waals surface area contributed by atoms with E-state index in [1.165, 1.54) is 0 Å².